The third-order valence-corrected chi connectivity index (χ3v) is 16.0. The standard InChI is InChI=1S/C52H55F2N11O5/c1-27-20-34(21-28(2)42(27)53)65-46(62-18-17-61(50(62)68)38-14-13-37-35(43(38)54)26-55-60(37)8)41-30(4)63(39-10-9-16-59(7)45(39)44(41)57-65)47(66)40-23-33-22-31(32-15-19-69-51(5,6)25-32)11-12-36(33)64(40)52(24-29(52)3)48-56-49(67)70-58-48/h11-14,17-18,20-23,26,29-30,32,39,45H,9-10,15-16,19,24-25H2,1-8H3,(H,56,58,67)/t29-,30-,32-,39?,45?,52-/m0/s1. The van der Waals surface area contributed by atoms with Crippen molar-refractivity contribution in [1.82, 2.24) is 53.2 Å². The van der Waals surface area contributed by atoms with Crippen molar-refractivity contribution in [3.63, 3.8) is 0 Å². The molecule has 0 spiro atoms. The Morgan fingerprint density at radius 1 is 0.914 bits per heavy atom. The van der Waals surface area contributed by atoms with Crippen molar-refractivity contribution in [1.29, 1.82) is 0 Å². The van der Waals surface area contributed by atoms with Crippen LogP contribution in [0.15, 0.2) is 81.2 Å². The van der Waals surface area contributed by atoms with Gasteiger partial charge in [0.2, 0.25) is 0 Å². The van der Waals surface area contributed by atoms with E-state index in [-0.39, 0.29) is 46.3 Å². The number of nitrogens with one attached hydrogen (secondary N) is 1. The number of hydrogen-bond donors (Lipinski definition) is 1. The predicted molar refractivity (Wildman–Crippen MR) is 257 cm³/mol. The smallest absolute Gasteiger partial charge is 0.376 e. The molecule has 12 rings (SSSR count). The molecule has 18 heteroatoms. The van der Waals surface area contributed by atoms with Crippen LogP contribution in [0.2, 0.25) is 0 Å². The molecule has 3 aromatic carbocycles. The highest BCUT2D eigenvalue weighted by Gasteiger charge is 2.60. The molecule has 0 radical (unpaired) electrons. The number of nitrogens with zero attached hydrogens (tertiary/aromatic N) is 10. The van der Waals surface area contributed by atoms with Crippen molar-refractivity contribution < 1.29 is 22.8 Å². The molecule has 1 amide bonds. The van der Waals surface area contributed by atoms with Crippen molar-refractivity contribution in [2.75, 3.05) is 20.2 Å². The molecule has 6 atom stereocenters. The Hall–Kier alpha value is -6.92. The largest absolute Gasteiger partial charge is 0.438 e. The number of carbonyl (C=O) groups excluding carboxylic acids is 1. The quantitative estimate of drug-likeness (QED) is 0.167. The SMILES string of the molecule is Cc1cc(-n2nc3c(c2-n2ccn(-c4ccc5c(cnn5C)c4F)c2=O)[C@H](C)N(C(=O)c2cc4cc([C@H]5CCOC(C)(C)C5)ccc4n2[C@@]2(c4noc(=O)[nH]4)C[C@@H]2C)C2CCCN(C)C32)cc(C)c1F. The maximum absolute atomic E-state index is 16.4. The third-order valence-electron chi connectivity index (χ3n) is 16.0. The van der Waals surface area contributed by atoms with E-state index in [1.807, 2.05) is 24.9 Å². The first kappa shape index (κ1) is 44.3. The molecule has 8 aromatic rings. The van der Waals surface area contributed by atoms with E-state index in [0.29, 0.717) is 70.4 Å². The summed E-state index contributed by atoms with van der Waals surface area (Å²) in [6, 6.07) is 13.7. The second-order valence-electron chi connectivity index (χ2n) is 20.8. The Morgan fingerprint density at radius 2 is 1.66 bits per heavy atom. The van der Waals surface area contributed by atoms with Crippen LogP contribution in [0.25, 0.3) is 39.0 Å². The number of likely N-dealkylation sites (N-methyl/N-ethyl adjacent to an activating group) is 1. The molecular weight excluding hydrogens is 897 g/mol. The average molecular weight is 952 g/mol. The number of benzene rings is 3. The van der Waals surface area contributed by atoms with Crippen molar-refractivity contribution >= 4 is 27.7 Å². The summed E-state index contributed by atoms with van der Waals surface area (Å²) in [5.74, 6) is -0.905. The molecule has 5 aromatic heterocycles. The fraction of sp³-hybridized carbons (Fsp3) is 0.423. The lowest BCUT2D eigenvalue weighted by molar-refractivity contribution is -0.0592. The number of aryl methyl sites for hydroxylation is 3. The number of likely N-dealkylation sites (tertiary alicyclic amines) is 1. The van der Waals surface area contributed by atoms with Gasteiger partial charge >= 0.3 is 11.4 Å². The molecule has 8 heterocycles. The number of piperidine rings is 1. The lowest BCUT2D eigenvalue weighted by atomic mass is 9.83. The van der Waals surface area contributed by atoms with Crippen LogP contribution in [0.4, 0.5) is 8.78 Å². The van der Waals surface area contributed by atoms with E-state index in [2.05, 4.69) is 63.7 Å². The summed E-state index contributed by atoms with van der Waals surface area (Å²) in [6.07, 6.45) is 8.38. The number of amides is 1. The van der Waals surface area contributed by atoms with Crippen LogP contribution >= 0.6 is 0 Å². The number of aromatic amines is 1. The van der Waals surface area contributed by atoms with Crippen LogP contribution in [0.3, 0.4) is 0 Å². The van der Waals surface area contributed by atoms with Gasteiger partial charge in [0.25, 0.3) is 5.91 Å². The number of carbonyl (C=O) groups is 1. The Labute approximate surface area is 401 Å². The van der Waals surface area contributed by atoms with Gasteiger partial charge in [0.1, 0.15) is 22.9 Å². The number of rotatable bonds is 7. The van der Waals surface area contributed by atoms with Crippen LogP contribution < -0.4 is 11.4 Å². The molecule has 2 saturated heterocycles. The molecule has 3 aliphatic heterocycles. The van der Waals surface area contributed by atoms with E-state index in [9.17, 15) is 4.79 Å². The fourth-order valence-corrected chi connectivity index (χ4v) is 12.5. The summed E-state index contributed by atoms with van der Waals surface area (Å²) in [5, 5.41) is 15.0. The van der Waals surface area contributed by atoms with E-state index in [0.717, 1.165) is 36.7 Å². The Kier molecular flexibility index (Phi) is 9.83. The minimum Gasteiger partial charge on any atom is -0.376 e. The van der Waals surface area contributed by atoms with Gasteiger partial charge in [-0.25, -0.2) is 23.1 Å². The second-order valence-corrected chi connectivity index (χ2v) is 20.8. The first-order valence-electron chi connectivity index (χ1n) is 24.2. The number of hydrogen-bond acceptors (Lipinski definition) is 9. The molecule has 16 nitrogen and oxygen atoms in total. The number of ether oxygens (including phenoxy) is 1. The molecule has 4 aliphatic rings. The molecule has 0 bridgehead atoms. The minimum absolute atomic E-state index is 0.0163. The summed E-state index contributed by atoms with van der Waals surface area (Å²) in [5.41, 5.74) is 3.97. The number of H-pyrrole nitrogens is 1. The average Bonchev–Trinajstić information content (AvgIpc) is 3.96. The zero-order valence-electron chi connectivity index (χ0n) is 40.5. The first-order valence-corrected chi connectivity index (χ1v) is 24.2. The van der Waals surface area contributed by atoms with Crippen molar-refractivity contribution in [3.8, 4) is 17.2 Å². The van der Waals surface area contributed by atoms with Crippen LogP contribution in [0, 0.1) is 31.4 Å². The van der Waals surface area contributed by atoms with Gasteiger partial charge in [0.15, 0.2) is 11.6 Å². The molecule has 2 unspecified atom stereocenters. The van der Waals surface area contributed by atoms with E-state index in [1.165, 1.54) is 27.1 Å². The van der Waals surface area contributed by atoms with Gasteiger partial charge in [-0.05, 0) is 151 Å². The Balaban J connectivity index is 1.07. The van der Waals surface area contributed by atoms with E-state index in [1.54, 1.807) is 60.7 Å². The van der Waals surface area contributed by atoms with E-state index in [4.69, 9.17) is 14.4 Å². The second kappa shape index (κ2) is 15.5. The minimum atomic E-state index is -0.882. The molecule has 1 saturated carbocycles. The fourth-order valence-electron chi connectivity index (χ4n) is 12.5. The van der Waals surface area contributed by atoms with Crippen molar-refractivity contribution in [3.05, 3.63) is 139 Å². The summed E-state index contributed by atoms with van der Waals surface area (Å²) >= 11 is 0. The summed E-state index contributed by atoms with van der Waals surface area (Å²) in [6.45, 7) is 13.1. The molecular formula is C52H55F2N11O5. The third kappa shape index (κ3) is 6.44. The summed E-state index contributed by atoms with van der Waals surface area (Å²) in [7, 11) is 3.76. The topological polar surface area (TPSA) is 159 Å². The maximum atomic E-state index is 16.4. The zero-order chi connectivity index (χ0) is 48.9. The molecule has 362 valence electrons. The maximum Gasteiger partial charge on any atom is 0.438 e. The van der Waals surface area contributed by atoms with Crippen LogP contribution in [-0.4, -0.2) is 91.0 Å². The Morgan fingerprint density at radius 3 is 2.37 bits per heavy atom. The number of aromatic nitrogens is 9. The van der Waals surface area contributed by atoms with Crippen molar-refractivity contribution in [2.24, 2.45) is 13.0 Å². The molecule has 1 aliphatic carbocycles. The van der Waals surface area contributed by atoms with E-state index < -0.39 is 34.9 Å². The van der Waals surface area contributed by atoms with Gasteiger partial charge in [-0.15, -0.1) is 0 Å². The number of imidazole rings is 1. The zero-order valence-corrected chi connectivity index (χ0v) is 40.5. The van der Waals surface area contributed by atoms with Crippen LogP contribution in [0.1, 0.15) is 122 Å². The highest BCUT2D eigenvalue weighted by atomic mass is 19.1. The van der Waals surface area contributed by atoms with Gasteiger partial charge in [-0.1, -0.05) is 18.1 Å². The van der Waals surface area contributed by atoms with Gasteiger partial charge in [0.05, 0.1) is 57.9 Å². The van der Waals surface area contributed by atoms with Crippen LogP contribution in [0.5, 0.6) is 0 Å². The van der Waals surface area contributed by atoms with E-state index >= 15 is 18.4 Å². The lowest BCUT2D eigenvalue weighted by Crippen LogP contribution is -2.55. The molecule has 1 N–H and O–H groups in total. The number of halogens is 2. The Bertz CT molecular complexity index is 3570. The number of fused-ring (bicyclic) bond motifs is 5. The molecule has 3 fully saturated rings. The summed E-state index contributed by atoms with van der Waals surface area (Å²) < 4.78 is 51.0. The summed E-state index contributed by atoms with van der Waals surface area (Å²) in [4.78, 5) is 50.9. The van der Waals surface area contributed by atoms with Gasteiger partial charge in [0, 0.05) is 42.5 Å². The highest BCUT2D eigenvalue weighted by molar-refractivity contribution is 6.00. The first-order chi connectivity index (χ1) is 33.5. The lowest BCUT2D eigenvalue weighted by Gasteiger charge is -2.50. The van der Waals surface area contributed by atoms with Gasteiger partial charge in [-0.3, -0.25) is 33.0 Å². The van der Waals surface area contributed by atoms with Crippen LogP contribution in [-0.2, 0) is 17.3 Å². The monoisotopic (exact) mass is 951 g/mol. The van der Waals surface area contributed by atoms with Crippen molar-refractivity contribution in [2.45, 2.75) is 109 Å². The van der Waals surface area contributed by atoms with Gasteiger partial charge in [-0.2, -0.15) is 10.2 Å². The normalized spacial score (nSPS) is 24.4. The molecule has 70 heavy (non-hydrogen) atoms. The predicted octanol–water partition coefficient (Wildman–Crippen LogP) is 8.03. The van der Waals surface area contributed by atoms with Gasteiger partial charge < -0.3 is 14.2 Å². The highest BCUT2D eigenvalue weighted by Crippen LogP contribution is 2.57.